The number of carbonyl (C=O) groups excluding carboxylic acids is 2. The second kappa shape index (κ2) is 7.65. The summed E-state index contributed by atoms with van der Waals surface area (Å²) >= 11 is 0. The van der Waals surface area contributed by atoms with Crippen LogP contribution >= 0.6 is 0 Å². The summed E-state index contributed by atoms with van der Waals surface area (Å²) in [5, 5.41) is 0. The number of carbonyl (C=O) groups is 2. The maximum Gasteiger partial charge on any atom is 0.222 e. The van der Waals surface area contributed by atoms with E-state index in [1.54, 1.807) is 0 Å². The van der Waals surface area contributed by atoms with E-state index in [9.17, 15) is 9.59 Å². The summed E-state index contributed by atoms with van der Waals surface area (Å²) in [4.78, 5) is 28.7. The molecule has 2 heterocycles. The molecule has 130 valence electrons. The summed E-state index contributed by atoms with van der Waals surface area (Å²) in [7, 11) is 0. The third-order valence-corrected chi connectivity index (χ3v) is 6.04. The normalized spacial score (nSPS) is 29.3. The SMILES string of the molecule is N[C@@H]1CCC[C@H]1CC(=O)N1CCC(CC(=O)N2CCCC2)CC1. The van der Waals surface area contributed by atoms with E-state index in [1.807, 2.05) is 9.80 Å². The molecule has 3 rings (SSSR count). The second-order valence-corrected chi connectivity index (χ2v) is 7.68. The van der Waals surface area contributed by atoms with Crippen molar-refractivity contribution in [1.82, 2.24) is 9.80 Å². The Bertz CT molecular complexity index is 426. The molecule has 5 nitrogen and oxygen atoms in total. The monoisotopic (exact) mass is 321 g/mol. The van der Waals surface area contributed by atoms with E-state index in [0.717, 1.165) is 64.7 Å². The van der Waals surface area contributed by atoms with Crippen molar-refractivity contribution < 1.29 is 9.59 Å². The molecule has 0 aromatic heterocycles. The maximum atomic E-state index is 12.4. The van der Waals surface area contributed by atoms with Gasteiger partial charge < -0.3 is 15.5 Å². The smallest absolute Gasteiger partial charge is 0.222 e. The number of likely N-dealkylation sites (tertiary alicyclic amines) is 2. The van der Waals surface area contributed by atoms with Gasteiger partial charge in [-0.3, -0.25) is 9.59 Å². The van der Waals surface area contributed by atoms with Gasteiger partial charge in [0.15, 0.2) is 0 Å². The van der Waals surface area contributed by atoms with E-state index in [0.29, 0.717) is 30.6 Å². The van der Waals surface area contributed by atoms with Crippen molar-refractivity contribution in [3.8, 4) is 0 Å². The molecule has 1 saturated carbocycles. The molecule has 5 heteroatoms. The molecule has 0 spiro atoms. The van der Waals surface area contributed by atoms with Crippen LogP contribution in [0.2, 0.25) is 0 Å². The zero-order valence-corrected chi connectivity index (χ0v) is 14.2. The van der Waals surface area contributed by atoms with Crippen molar-refractivity contribution in [3.05, 3.63) is 0 Å². The second-order valence-electron chi connectivity index (χ2n) is 7.68. The average Bonchev–Trinajstić information content (AvgIpc) is 3.20. The number of nitrogens with two attached hydrogens (primary N) is 1. The molecule has 0 aromatic rings. The highest BCUT2D eigenvalue weighted by Crippen LogP contribution is 2.29. The highest BCUT2D eigenvalue weighted by molar-refractivity contribution is 5.77. The van der Waals surface area contributed by atoms with Crippen LogP contribution in [0.15, 0.2) is 0 Å². The lowest BCUT2D eigenvalue weighted by atomic mass is 9.92. The first-order valence-corrected chi connectivity index (χ1v) is 9.44. The molecule has 2 atom stereocenters. The van der Waals surface area contributed by atoms with Gasteiger partial charge in [0.25, 0.3) is 0 Å². The van der Waals surface area contributed by atoms with Gasteiger partial charge in [0.1, 0.15) is 0 Å². The highest BCUT2D eigenvalue weighted by Gasteiger charge is 2.30. The van der Waals surface area contributed by atoms with E-state index in [-0.39, 0.29) is 11.9 Å². The molecule has 2 aliphatic heterocycles. The Hall–Kier alpha value is -1.10. The molecule has 23 heavy (non-hydrogen) atoms. The van der Waals surface area contributed by atoms with Crippen LogP contribution in [0.3, 0.4) is 0 Å². The molecule has 0 unspecified atom stereocenters. The van der Waals surface area contributed by atoms with Gasteiger partial charge in [-0.2, -0.15) is 0 Å². The van der Waals surface area contributed by atoms with Crippen LogP contribution in [0.1, 0.15) is 57.8 Å². The van der Waals surface area contributed by atoms with E-state index >= 15 is 0 Å². The molecule has 3 fully saturated rings. The van der Waals surface area contributed by atoms with E-state index < -0.39 is 0 Å². The molecule has 2 saturated heterocycles. The number of hydrogen-bond acceptors (Lipinski definition) is 3. The van der Waals surface area contributed by atoms with Crippen LogP contribution in [0, 0.1) is 11.8 Å². The number of nitrogens with zero attached hydrogens (tertiary/aromatic N) is 2. The van der Waals surface area contributed by atoms with E-state index in [2.05, 4.69) is 0 Å². The minimum Gasteiger partial charge on any atom is -0.343 e. The third-order valence-electron chi connectivity index (χ3n) is 6.04. The van der Waals surface area contributed by atoms with Crippen molar-refractivity contribution in [3.63, 3.8) is 0 Å². The predicted molar refractivity (Wildman–Crippen MR) is 89.7 cm³/mol. The van der Waals surface area contributed by atoms with Gasteiger partial charge in [-0.05, 0) is 50.4 Å². The zero-order valence-electron chi connectivity index (χ0n) is 14.2. The first kappa shape index (κ1) is 16.7. The first-order chi connectivity index (χ1) is 11.1. The van der Waals surface area contributed by atoms with Crippen LogP contribution in [0.5, 0.6) is 0 Å². The summed E-state index contributed by atoms with van der Waals surface area (Å²) in [6, 6.07) is 0.217. The fraction of sp³-hybridized carbons (Fsp3) is 0.889. The first-order valence-electron chi connectivity index (χ1n) is 9.44. The predicted octanol–water partition coefficient (Wildman–Crippen LogP) is 1.75. The maximum absolute atomic E-state index is 12.4. The van der Waals surface area contributed by atoms with Crippen LogP contribution < -0.4 is 5.73 Å². The number of amides is 2. The Morgan fingerprint density at radius 1 is 0.783 bits per heavy atom. The lowest BCUT2D eigenvalue weighted by molar-refractivity contribution is -0.134. The van der Waals surface area contributed by atoms with Crippen molar-refractivity contribution in [2.45, 2.75) is 63.8 Å². The highest BCUT2D eigenvalue weighted by atomic mass is 16.2. The van der Waals surface area contributed by atoms with Crippen LogP contribution in [-0.2, 0) is 9.59 Å². The molecule has 2 amide bonds. The summed E-state index contributed by atoms with van der Waals surface area (Å²) in [6.07, 6.45) is 8.90. The van der Waals surface area contributed by atoms with Crippen LogP contribution in [0.25, 0.3) is 0 Å². The Kier molecular flexibility index (Phi) is 5.57. The zero-order chi connectivity index (χ0) is 16.2. The molecular formula is C18H31N3O2. The lowest BCUT2D eigenvalue weighted by Gasteiger charge is -2.33. The third kappa shape index (κ3) is 4.25. The number of piperidine rings is 1. The van der Waals surface area contributed by atoms with Gasteiger partial charge in [-0.15, -0.1) is 0 Å². The lowest BCUT2D eigenvalue weighted by Crippen LogP contribution is -2.41. The summed E-state index contributed by atoms with van der Waals surface area (Å²) in [6.45, 7) is 3.52. The van der Waals surface area contributed by atoms with E-state index in [1.165, 1.54) is 6.42 Å². The Morgan fingerprint density at radius 2 is 1.39 bits per heavy atom. The van der Waals surface area contributed by atoms with Gasteiger partial charge in [-0.25, -0.2) is 0 Å². The van der Waals surface area contributed by atoms with Gasteiger partial charge in [-0.1, -0.05) is 6.42 Å². The molecule has 1 aliphatic carbocycles. The molecule has 2 N–H and O–H groups in total. The van der Waals surface area contributed by atoms with Crippen molar-refractivity contribution in [1.29, 1.82) is 0 Å². The fourth-order valence-corrected chi connectivity index (χ4v) is 4.40. The largest absolute Gasteiger partial charge is 0.343 e. The fourth-order valence-electron chi connectivity index (χ4n) is 4.40. The van der Waals surface area contributed by atoms with E-state index in [4.69, 9.17) is 5.73 Å². The van der Waals surface area contributed by atoms with Crippen molar-refractivity contribution in [2.75, 3.05) is 26.2 Å². The molecule has 0 radical (unpaired) electrons. The van der Waals surface area contributed by atoms with Crippen LogP contribution in [-0.4, -0.2) is 53.8 Å². The minimum atomic E-state index is 0.217. The molecular weight excluding hydrogens is 290 g/mol. The Morgan fingerprint density at radius 3 is 2.00 bits per heavy atom. The van der Waals surface area contributed by atoms with Gasteiger partial charge in [0.05, 0.1) is 0 Å². The van der Waals surface area contributed by atoms with Crippen molar-refractivity contribution >= 4 is 11.8 Å². The number of hydrogen-bond donors (Lipinski definition) is 1. The quantitative estimate of drug-likeness (QED) is 0.858. The Balaban J connectivity index is 1.39. The summed E-state index contributed by atoms with van der Waals surface area (Å²) in [5.74, 6) is 1.44. The number of rotatable bonds is 4. The molecule has 0 bridgehead atoms. The summed E-state index contributed by atoms with van der Waals surface area (Å²) in [5.41, 5.74) is 6.08. The van der Waals surface area contributed by atoms with Gasteiger partial charge >= 0.3 is 0 Å². The molecule has 3 aliphatic rings. The summed E-state index contributed by atoms with van der Waals surface area (Å²) < 4.78 is 0. The minimum absolute atomic E-state index is 0.217. The standard InChI is InChI=1S/C18H31N3O2/c19-16-5-3-4-15(16)13-18(23)21-10-6-14(7-11-21)12-17(22)20-8-1-2-9-20/h14-16H,1-13,19H2/t15-,16+/m0/s1. The van der Waals surface area contributed by atoms with Crippen LogP contribution in [0.4, 0.5) is 0 Å². The average molecular weight is 321 g/mol. The van der Waals surface area contributed by atoms with Gasteiger partial charge in [0.2, 0.25) is 11.8 Å². The van der Waals surface area contributed by atoms with Crippen molar-refractivity contribution in [2.24, 2.45) is 17.6 Å². The molecule has 0 aromatic carbocycles. The van der Waals surface area contributed by atoms with Gasteiger partial charge in [0, 0.05) is 45.1 Å². The Labute approximate surface area is 139 Å². The topological polar surface area (TPSA) is 66.6 Å².